The standard InChI is InChI=1S/C21H23N5O2/c1-25-18-17(8-5-11-22-18)24-19(21(25)28)26-12-9-16(10-13-26)20(27)23-14-15-6-3-2-4-7-15/h2-8,11,16H,9-10,12-14H2,1H3,(H,23,27). The summed E-state index contributed by atoms with van der Waals surface area (Å²) in [5.74, 6) is 0.476. The third kappa shape index (κ3) is 3.60. The number of benzene rings is 1. The fourth-order valence-electron chi connectivity index (χ4n) is 3.63. The molecule has 1 amide bonds. The maximum Gasteiger partial charge on any atom is 0.294 e. The van der Waals surface area contributed by atoms with E-state index in [-0.39, 0.29) is 17.4 Å². The number of hydrogen-bond donors (Lipinski definition) is 1. The molecular weight excluding hydrogens is 354 g/mol. The number of carbonyl (C=O) groups is 1. The van der Waals surface area contributed by atoms with Crippen molar-refractivity contribution in [2.45, 2.75) is 19.4 Å². The van der Waals surface area contributed by atoms with Crippen molar-refractivity contribution >= 4 is 22.9 Å². The van der Waals surface area contributed by atoms with Crippen LogP contribution in [0.2, 0.25) is 0 Å². The quantitative estimate of drug-likeness (QED) is 0.751. The van der Waals surface area contributed by atoms with Crippen LogP contribution >= 0.6 is 0 Å². The van der Waals surface area contributed by atoms with Gasteiger partial charge in [0.1, 0.15) is 5.52 Å². The summed E-state index contributed by atoms with van der Waals surface area (Å²) in [5.41, 5.74) is 2.21. The predicted octanol–water partition coefficient (Wildman–Crippen LogP) is 1.86. The number of nitrogens with one attached hydrogen (secondary N) is 1. The third-order valence-electron chi connectivity index (χ3n) is 5.28. The van der Waals surface area contributed by atoms with E-state index in [9.17, 15) is 9.59 Å². The highest BCUT2D eigenvalue weighted by molar-refractivity contribution is 5.79. The molecule has 0 spiro atoms. The number of fused-ring (bicyclic) bond motifs is 1. The summed E-state index contributed by atoms with van der Waals surface area (Å²) >= 11 is 0. The molecule has 4 rings (SSSR count). The SMILES string of the molecule is Cn1c(=O)c(N2CCC(C(=O)NCc3ccccc3)CC2)nc2cccnc21. The van der Waals surface area contributed by atoms with Crippen molar-refractivity contribution in [3.63, 3.8) is 0 Å². The van der Waals surface area contributed by atoms with E-state index >= 15 is 0 Å². The first kappa shape index (κ1) is 18.2. The number of aryl methyl sites for hydroxylation is 1. The molecule has 1 aromatic carbocycles. The Morgan fingerprint density at radius 3 is 2.64 bits per heavy atom. The predicted molar refractivity (Wildman–Crippen MR) is 108 cm³/mol. The lowest BCUT2D eigenvalue weighted by atomic mass is 9.96. The summed E-state index contributed by atoms with van der Waals surface area (Å²) in [5, 5.41) is 3.02. The van der Waals surface area contributed by atoms with Crippen LogP contribution in [0.4, 0.5) is 5.82 Å². The minimum Gasteiger partial charge on any atom is -0.352 e. The molecule has 1 aliphatic heterocycles. The number of piperidine rings is 1. The molecule has 1 N–H and O–H groups in total. The molecule has 0 aliphatic carbocycles. The highest BCUT2D eigenvalue weighted by atomic mass is 16.2. The van der Waals surface area contributed by atoms with Crippen LogP contribution in [0.25, 0.3) is 11.2 Å². The number of aromatic nitrogens is 3. The fourth-order valence-corrected chi connectivity index (χ4v) is 3.63. The molecule has 1 fully saturated rings. The van der Waals surface area contributed by atoms with E-state index < -0.39 is 0 Å². The largest absolute Gasteiger partial charge is 0.352 e. The van der Waals surface area contributed by atoms with E-state index in [1.54, 1.807) is 13.2 Å². The van der Waals surface area contributed by atoms with Crippen LogP contribution in [0.15, 0.2) is 53.5 Å². The van der Waals surface area contributed by atoms with E-state index in [4.69, 9.17) is 0 Å². The van der Waals surface area contributed by atoms with Gasteiger partial charge in [-0.1, -0.05) is 30.3 Å². The minimum atomic E-state index is -0.154. The zero-order chi connectivity index (χ0) is 19.5. The number of rotatable bonds is 4. The van der Waals surface area contributed by atoms with Crippen LogP contribution in [0.5, 0.6) is 0 Å². The van der Waals surface area contributed by atoms with Gasteiger partial charge in [0.2, 0.25) is 5.91 Å². The third-order valence-corrected chi connectivity index (χ3v) is 5.28. The molecule has 3 aromatic rings. The highest BCUT2D eigenvalue weighted by Gasteiger charge is 2.27. The average molecular weight is 377 g/mol. The Kier molecular flexibility index (Phi) is 5.06. The smallest absolute Gasteiger partial charge is 0.294 e. The monoisotopic (exact) mass is 377 g/mol. The lowest BCUT2D eigenvalue weighted by Gasteiger charge is -2.31. The van der Waals surface area contributed by atoms with Gasteiger partial charge in [-0.15, -0.1) is 0 Å². The number of nitrogens with zero attached hydrogens (tertiary/aromatic N) is 4. The van der Waals surface area contributed by atoms with Gasteiger partial charge in [0, 0.05) is 38.8 Å². The second-order valence-electron chi connectivity index (χ2n) is 7.11. The van der Waals surface area contributed by atoms with E-state index in [1.807, 2.05) is 47.4 Å². The molecule has 1 saturated heterocycles. The van der Waals surface area contributed by atoms with E-state index in [0.717, 1.165) is 5.56 Å². The highest BCUT2D eigenvalue weighted by Crippen LogP contribution is 2.21. The van der Waals surface area contributed by atoms with Gasteiger partial charge in [-0.3, -0.25) is 14.2 Å². The molecule has 0 radical (unpaired) electrons. The maximum absolute atomic E-state index is 12.7. The molecule has 0 saturated carbocycles. The molecule has 144 valence electrons. The zero-order valence-electron chi connectivity index (χ0n) is 15.8. The Morgan fingerprint density at radius 1 is 1.14 bits per heavy atom. The number of pyridine rings is 1. The summed E-state index contributed by atoms with van der Waals surface area (Å²) in [6.45, 7) is 1.81. The second kappa shape index (κ2) is 7.80. The first-order chi connectivity index (χ1) is 13.6. The Morgan fingerprint density at radius 2 is 1.89 bits per heavy atom. The van der Waals surface area contributed by atoms with Gasteiger partial charge >= 0.3 is 0 Å². The minimum absolute atomic E-state index is 0.0362. The Bertz CT molecular complexity index is 1040. The number of carbonyl (C=O) groups excluding carboxylic acids is 1. The average Bonchev–Trinajstić information content (AvgIpc) is 2.75. The summed E-state index contributed by atoms with van der Waals surface area (Å²) < 4.78 is 1.54. The van der Waals surface area contributed by atoms with E-state index in [2.05, 4.69) is 15.3 Å². The van der Waals surface area contributed by atoms with E-state index in [0.29, 0.717) is 49.5 Å². The van der Waals surface area contributed by atoms with Crippen LogP contribution in [0.3, 0.4) is 0 Å². The van der Waals surface area contributed by atoms with Gasteiger partial charge in [0.15, 0.2) is 11.5 Å². The van der Waals surface area contributed by atoms with Gasteiger partial charge in [0.05, 0.1) is 0 Å². The second-order valence-corrected chi connectivity index (χ2v) is 7.11. The number of amides is 1. The molecule has 7 heteroatoms. The summed E-state index contributed by atoms with van der Waals surface area (Å²) in [6.07, 6.45) is 3.07. The lowest BCUT2D eigenvalue weighted by molar-refractivity contribution is -0.125. The van der Waals surface area contributed by atoms with Crippen molar-refractivity contribution in [1.29, 1.82) is 0 Å². The normalized spacial score (nSPS) is 15.0. The van der Waals surface area contributed by atoms with Crippen LogP contribution in [-0.4, -0.2) is 33.5 Å². The number of anilines is 1. The Hall–Kier alpha value is -3.22. The van der Waals surface area contributed by atoms with Crippen molar-refractivity contribution in [1.82, 2.24) is 19.9 Å². The van der Waals surface area contributed by atoms with Gasteiger partial charge in [-0.05, 0) is 30.5 Å². The molecule has 7 nitrogen and oxygen atoms in total. The van der Waals surface area contributed by atoms with E-state index in [1.165, 1.54) is 4.57 Å². The van der Waals surface area contributed by atoms with Gasteiger partial charge in [-0.2, -0.15) is 0 Å². The van der Waals surface area contributed by atoms with Crippen LogP contribution in [0, 0.1) is 5.92 Å². The van der Waals surface area contributed by atoms with Crippen molar-refractivity contribution in [2.24, 2.45) is 13.0 Å². The maximum atomic E-state index is 12.7. The van der Waals surface area contributed by atoms with Gasteiger partial charge in [0.25, 0.3) is 5.56 Å². The van der Waals surface area contributed by atoms with Gasteiger partial charge < -0.3 is 10.2 Å². The lowest BCUT2D eigenvalue weighted by Crippen LogP contribution is -2.43. The Labute approximate surface area is 163 Å². The van der Waals surface area contributed by atoms with Crippen LogP contribution in [-0.2, 0) is 18.4 Å². The topological polar surface area (TPSA) is 80.1 Å². The molecule has 0 atom stereocenters. The number of hydrogen-bond acceptors (Lipinski definition) is 5. The Balaban J connectivity index is 1.41. The van der Waals surface area contributed by atoms with Crippen molar-refractivity contribution in [3.8, 4) is 0 Å². The van der Waals surface area contributed by atoms with Gasteiger partial charge in [-0.25, -0.2) is 9.97 Å². The molecule has 28 heavy (non-hydrogen) atoms. The first-order valence-corrected chi connectivity index (χ1v) is 9.52. The first-order valence-electron chi connectivity index (χ1n) is 9.52. The van der Waals surface area contributed by atoms with Crippen LogP contribution in [0.1, 0.15) is 18.4 Å². The molecule has 2 aromatic heterocycles. The fraction of sp³-hybridized carbons (Fsp3) is 0.333. The molecule has 0 unspecified atom stereocenters. The molecule has 1 aliphatic rings. The summed E-state index contributed by atoms with van der Waals surface area (Å²) in [6, 6.07) is 13.6. The van der Waals surface area contributed by atoms with Crippen molar-refractivity contribution in [3.05, 3.63) is 64.6 Å². The molecular formula is C21H23N5O2. The molecule has 0 bridgehead atoms. The summed E-state index contributed by atoms with van der Waals surface area (Å²) in [7, 11) is 1.71. The van der Waals surface area contributed by atoms with Crippen molar-refractivity contribution < 1.29 is 4.79 Å². The van der Waals surface area contributed by atoms with Crippen LogP contribution < -0.4 is 15.8 Å². The molecule has 3 heterocycles. The summed E-state index contributed by atoms with van der Waals surface area (Å²) in [4.78, 5) is 35.9. The van der Waals surface area contributed by atoms with Crippen molar-refractivity contribution in [2.75, 3.05) is 18.0 Å². The zero-order valence-corrected chi connectivity index (χ0v) is 15.8.